The third-order valence-corrected chi connectivity index (χ3v) is 1.37. The first-order chi connectivity index (χ1) is 6.66. The first kappa shape index (κ1) is 12.6. The highest BCUT2D eigenvalue weighted by atomic mass is 16.1. The first-order valence-electron chi connectivity index (χ1n) is 4.89. The van der Waals surface area contributed by atoms with Crippen LogP contribution in [0.2, 0.25) is 0 Å². The van der Waals surface area contributed by atoms with E-state index in [0.717, 1.165) is 6.42 Å². The minimum Gasteiger partial charge on any atom is -0.355 e. The molecule has 1 N–H and O–H groups in total. The Hall–Kier alpha value is -1.41. The Labute approximate surface area is 86.5 Å². The summed E-state index contributed by atoms with van der Waals surface area (Å²) in [6.45, 7) is 6.78. The highest BCUT2D eigenvalue weighted by Crippen LogP contribution is 1.87. The van der Waals surface area contributed by atoms with Crippen molar-refractivity contribution in [3.63, 3.8) is 0 Å². The predicted octanol–water partition coefficient (Wildman–Crippen LogP) is 1.57. The second-order valence-electron chi connectivity index (χ2n) is 3.33. The fraction of sp³-hybridized carbons (Fsp3) is 0.583. The van der Waals surface area contributed by atoms with Crippen molar-refractivity contribution in [2.75, 3.05) is 6.54 Å². The quantitative estimate of drug-likeness (QED) is 0.674. The maximum Gasteiger partial charge on any atom is 0.232 e. The molecule has 0 atom stereocenters. The highest BCUT2D eigenvalue weighted by Gasteiger charge is 1.98. The van der Waals surface area contributed by atoms with Crippen LogP contribution in [0.1, 0.15) is 33.6 Å². The van der Waals surface area contributed by atoms with Gasteiger partial charge >= 0.3 is 0 Å². The lowest BCUT2D eigenvalue weighted by molar-refractivity contribution is -0.120. The molecular weight excluding hydrogens is 174 g/mol. The molecule has 0 heterocycles. The van der Waals surface area contributed by atoms with E-state index in [9.17, 15) is 4.79 Å². The molecule has 0 saturated heterocycles. The van der Waals surface area contributed by atoms with Crippen molar-refractivity contribution >= 4 is 5.91 Å². The summed E-state index contributed by atoms with van der Waals surface area (Å²) in [6, 6.07) is 0. The molecule has 1 amide bonds. The number of hydrogen-bond donors (Lipinski definition) is 1. The molecule has 0 bridgehead atoms. The van der Waals surface area contributed by atoms with Gasteiger partial charge in [-0.25, -0.2) is 0 Å². The Morgan fingerprint density at radius 1 is 1.29 bits per heavy atom. The van der Waals surface area contributed by atoms with E-state index < -0.39 is 0 Å². The van der Waals surface area contributed by atoms with Crippen molar-refractivity contribution in [1.29, 1.82) is 0 Å². The van der Waals surface area contributed by atoms with Crippen molar-refractivity contribution < 1.29 is 4.79 Å². The number of nitrogens with one attached hydrogen (secondary N) is 1. The molecule has 0 saturated carbocycles. The largest absolute Gasteiger partial charge is 0.355 e. The summed E-state index contributed by atoms with van der Waals surface area (Å²) in [4.78, 5) is 11.1. The average molecular weight is 191 g/mol. The van der Waals surface area contributed by atoms with Crippen LogP contribution in [0, 0.1) is 29.6 Å². The molecule has 2 heteroatoms. The summed E-state index contributed by atoms with van der Waals surface area (Å²) in [5.41, 5.74) is 0. The fourth-order valence-electron chi connectivity index (χ4n) is 0.682. The summed E-state index contributed by atoms with van der Waals surface area (Å²) in [7, 11) is 0. The molecule has 0 aromatic rings. The smallest absolute Gasteiger partial charge is 0.232 e. The van der Waals surface area contributed by atoms with E-state index in [1.54, 1.807) is 0 Å². The van der Waals surface area contributed by atoms with Crippen molar-refractivity contribution in [2.24, 2.45) is 5.92 Å². The zero-order chi connectivity index (χ0) is 10.8. The van der Waals surface area contributed by atoms with Crippen molar-refractivity contribution in [1.82, 2.24) is 5.32 Å². The summed E-state index contributed by atoms with van der Waals surface area (Å²) >= 11 is 0. The van der Waals surface area contributed by atoms with Crippen LogP contribution in [0.3, 0.4) is 0 Å². The number of carbonyl (C=O) groups excluding carboxylic acids is 1. The fourth-order valence-corrected chi connectivity index (χ4v) is 0.682. The molecule has 0 fully saturated rings. The van der Waals surface area contributed by atoms with E-state index in [-0.39, 0.29) is 12.3 Å². The van der Waals surface area contributed by atoms with E-state index in [0.29, 0.717) is 12.5 Å². The lowest BCUT2D eigenvalue weighted by Crippen LogP contribution is -2.26. The molecule has 76 valence electrons. The van der Waals surface area contributed by atoms with Gasteiger partial charge in [-0.15, -0.1) is 0 Å². The zero-order valence-electron chi connectivity index (χ0n) is 9.11. The second-order valence-corrected chi connectivity index (χ2v) is 3.33. The molecule has 0 aliphatic carbocycles. The molecule has 0 radical (unpaired) electrons. The van der Waals surface area contributed by atoms with Crippen LogP contribution in [0.4, 0.5) is 0 Å². The van der Waals surface area contributed by atoms with Crippen LogP contribution in [0.5, 0.6) is 0 Å². The van der Waals surface area contributed by atoms with Crippen LogP contribution in [-0.4, -0.2) is 12.5 Å². The summed E-state index contributed by atoms with van der Waals surface area (Å²) in [5, 5.41) is 2.78. The second kappa shape index (κ2) is 8.20. The maximum absolute atomic E-state index is 11.1. The van der Waals surface area contributed by atoms with Crippen LogP contribution < -0.4 is 5.32 Å². The van der Waals surface area contributed by atoms with Crippen LogP contribution in [-0.2, 0) is 4.79 Å². The molecule has 0 spiro atoms. The Kier molecular flexibility index (Phi) is 7.37. The van der Waals surface area contributed by atoms with E-state index in [1.165, 1.54) is 0 Å². The van der Waals surface area contributed by atoms with Gasteiger partial charge in [0.1, 0.15) is 0 Å². The SMILES string of the molecule is CCC#CC#CCC(=O)NCC(C)C. The number of amides is 1. The van der Waals surface area contributed by atoms with E-state index >= 15 is 0 Å². The standard InChI is InChI=1S/C12H17NO/c1-4-5-6-7-8-9-12(14)13-10-11(2)3/h11H,4,9-10H2,1-3H3,(H,13,14). The highest BCUT2D eigenvalue weighted by molar-refractivity contribution is 5.78. The summed E-state index contributed by atoms with van der Waals surface area (Å²) in [6.07, 6.45) is 1.04. The van der Waals surface area contributed by atoms with Gasteiger partial charge in [0.2, 0.25) is 5.91 Å². The van der Waals surface area contributed by atoms with Crippen LogP contribution in [0.15, 0.2) is 0 Å². The molecule has 0 aliphatic rings. The monoisotopic (exact) mass is 191 g/mol. The van der Waals surface area contributed by atoms with Gasteiger partial charge in [-0.3, -0.25) is 4.79 Å². The van der Waals surface area contributed by atoms with Gasteiger partial charge in [0, 0.05) is 13.0 Å². The van der Waals surface area contributed by atoms with Gasteiger partial charge < -0.3 is 5.32 Å². The van der Waals surface area contributed by atoms with Crippen LogP contribution in [0.25, 0.3) is 0 Å². The van der Waals surface area contributed by atoms with Gasteiger partial charge in [0.25, 0.3) is 0 Å². The Morgan fingerprint density at radius 3 is 2.50 bits per heavy atom. The Bertz CT molecular complexity index is 283. The number of rotatable bonds is 3. The van der Waals surface area contributed by atoms with Gasteiger partial charge in [0.05, 0.1) is 6.42 Å². The maximum atomic E-state index is 11.1. The molecule has 0 aromatic heterocycles. The van der Waals surface area contributed by atoms with Gasteiger partial charge in [0.15, 0.2) is 0 Å². The molecule has 0 aromatic carbocycles. The van der Waals surface area contributed by atoms with Crippen molar-refractivity contribution in [3.05, 3.63) is 0 Å². The Balaban J connectivity index is 3.66. The zero-order valence-corrected chi connectivity index (χ0v) is 9.11. The number of carbonyl (C=O) groups is 1. The minimum absolute atomic E-state index is 0.0236. The number of hydrogen-bond acceptors (Lipinski definition) is 1. The average Bonchev–Trinajstić information content (AvgIpc) is 2.14. The van der Waals surface area contributed by atoms with Crippen LogP contribution >= 0.6 is 0 Å². The normalized spacial score (nSPS) is 8.29. The van der Waals surface area contributed by atoms with Crippen molar-refractivity contribution in [2.45, 2.75) is 33.6 Å². The molecule has 14 heavy (non-hydrogen) atoms. The molecule has 0 unspecified atom stereocenters. The topological polar surface area (TPSA) is 29.1 Å². The lowest BCUT2D eigenvalue weighted by Gasteiger charge is -2.04. The van der Waals surface area contributed by atoms with E-state index in [1.807, 2.05) is 6.92 Å². The minimum atomic E-state index is -0.0236. The summed E-state index contributed by atoms with van der Waals surface area (Å²) < 4.78 is 0. The first-order valence-corrected chi connectivity index (χ1v) is 4.89. The summed E-state index contributed by atoms with van der Waals surface area (Å²) in [5.74, 6) is 11.3. The third-order valence-electron chi connectivity index (χ3n) is 1.37. The lowest BCUT2D eigenvalue weighted by atomic mass is 10.2. The van der Waals surface area contributed by atoms with Gasteiger partial charge in [-0.2, -0.15) is 0 Å². The van der Waals surface area contributed by atoms with Gasteiger partial charge in [-0.1, -0.05) is 32.6 Å². The molecule has 0 aliphatic heterocycles. The molecule has 2 nitrogen and oxygen atoms in total. The molecule has 0 rings (SSSR count). The van der Waals surface area contributed by atoms with E-state index in [2.05, 4.69) is 42.8 Å². The van der Waals surface area contributed by atoms with Gasteiger partial charge in [-0.05, 0) is 17.8 Å². The third kappa shape index (κ3) is 8.68. The van der Waals surface area contributed by atoms with Crippen molar-refractivity contribution in [3.8, 4) is 23.7 Å². The molecular formula is C12H17NO. The van der Waals surface area contributed by atoms with E-state index in [4.69, 9.17) is 0 Å². The predicted molar refractivity (Wildman–Crippen MR) is 58.3 cm³/mol. The Morgan fingerprint density at radius 2 is 1.93 bits per heavy atom.